The number of nitrogens with zero attached hydrogens (tertiary/aromatic N) is 7. The fourth-order valence-electron chi connectivity index (χ4n) is 8.15. The normalized spacial score (nSPS) is 22.1. The standard InChI is InChI=1S/C39H43F3N8O6S/c1-38(2,3)55-36(51)47-34-22(10-43)27-30(44-11-25(41)32(27)57-34)26-23-16-53-17-24(23)28-31(29(26)42)45-35(54-15-21-8-18(40)12-48(21)7)46-33(28)50-19-9-20(50)14-49(13-19)37(52)56-39(4,5)6/h11,18-21H,8-9,12-17H2,1-7H3,(H,47,51)/t18-,19?,20?,21+/m1/s1. The third kappa shape index (κ3) is 7.14. The number of pyridine rings is 1. The molecule has 4 aliphatic heterocycles. The molecule has 4 atom stereocenters. The van der Waals surface area contributed by atoms with E-state index in [-0.39, 0.29) is 94.3 Å². The summed E-state index contributed by atoms with van der Waals surface area (Å²) < 4.78 is 70.5. The first kappa shape index (κ1) is 38.9. The Balaban J connectivity index is 1.27. The maximum Gasteiger partial charge on any atom is 0.412 e. The second-order valence-electron chi connectivity index (χ2n) is 17.0. The summed E-state index contributed by atoms with van der Waals surface area (Å²) in [6, 6.07) is 1.33. The molecule has 8 rings (SSSR count). The Morgan fingerprint density at radius 2 is 1.72 bits per heavy atom. The lowest BCUT2D eigenvalue weighted by molar-refractivity contribution is 0.00842. The number of rotatable bonds is 6. The highest BCUT2D eigenvalue weighted by Gasteiger charge is 2.49. The lowest BCUT2D eigenvalue weighted by atomic mass is 9.86. The quantitative estimate of drug-likeness (QED) is 0.212. The highest BCUT2D eigenvalue weighted by Crippen LogP contribution is 2.49. The summed E-state index contributed by atoms with van der Waals surface area (Å²) in [6.45, 7) is 11.5. The largest absolute Gasteiger partial charge is 0.462 e. The number of anilines is 2. The van der Waals surface area contributed by atoms with Gasteiger partial charge in [0.1, 0.15) is 46.4 Å². The molecule has 4 aromatic rings. The Hall–Kier alpha value is -4.99. The van der Waals surface area contributed by atoms with E-state index in [1.165, 1.54) is 0 Å². The lowest BCUT2D eigenvalue weighted by Crippen LogP contribution is -2.70. The predicted octanol–water partition coefficient (Wildman–Crippen LogP) is 7.05. The number of carbonyl (C=O) groups excluding carboxylic acids is 2. The first-order valence-electron chi connectivity index (χ1n) is 18.8. The van der Waals surface area contributed by atoms with Gasteiger partial charge in [-0.1, -0.05) is 0 Å². The molecule has 2 unspecified atom stereocenters. The van der Waals surface area contributed by atoms with Gasteiger partial charge >= 0.3 is 18.2 Å². The summed E-state index contributed by atoms with van der Waals surface area (Å²) >= 11 is 0.811. The van der Waals surface area contributed by atoms with Crippen molar-refractivity contribution in [1.29, 1.82) is 5.26 Å². The van der Waals surface area contributed by atoms with Crippen molar-refractivity contribution < 1.29 is 41.7 Å². The summed E-state index contributed by atoms with van der Waals surface area (Å²) in [5, 5.41) is 13.4. The van der Waals surface area contributed by atoms with Crippen molar-refractivity contribution in [3.63, 3.8) is 0 Å². The Kier molecular flexibility index (Phi) is 9.64. The number of aromatic nitrogens is 3. The zero-order valence-electron chi connectivity index (χ0n) is 32.7. The van der Waals surface area contributed by atoms with E-state index in [4.69, 9.17) is 23.9 Å². The van der Waals surface area contributed by atoms with E-state index in [2.05, 4.69) is 26.3 Å². The van der Waals surface area contributed by atoms with Crippen LogP contribution in [0, 0.1) is 23.0 Å². The molecule has 3 aromatic heterocycles. The number of nitrogens with one attached hydrogen (secondary N) is 1. The average Bonchev–Trinajstić information content (AvgIpc) is 3.83. The van der Waals surface area contributed by atoms with E-state index in [0.29, 0.717) is 35.4 Å². The molecule has 4 aliphatic rings. The van der Waals surface area contributed by atoms with Crippen LogP contribution in [0.3, 0.4) is 0 Å². The first-order valence-corrected chi connectivity index (χ1v) is 19.6. The van der Waals surface area contributed by atoms with Crippen molar-refractivity contribution in [1.82, 2.24) is 24.8 Å². The first-order chi connectivity index (χ1) is 26.9. The van der Waals surface area contributed by atoms with E-state index < -0.39 is 41.2 Å². The topological polar surface area (TPSA) is 155 Å². The van der Waals surface area contributed by atoms with Crippen molar-refractivity contribution in [2.75, 3.05) is 43.5 Å². The van der Waals surface area contributed by atoms with Gasteiger partial charge in [-0.3, -0.25) is 15.2 Å². The molecule has 3 saturated heterocycles. The third-order valence-corrected chi connectivity index (χ3v) is 11.6. The molecule has 0 saturated carbocycles. The number of fused-ring (bicyclic) bond motifs is 6. The molecule has 14 nitrogen and oxygen atoms in total. The minimum atomic E-state index is -1.01. The summed E-state index contributed by atoms with van der Waals surface area (Å²) in [5.41, 5.74) is -0.787. The number of halogens is 3. The second-order valence-corrected chi connectivity index (χ2v) is 18.0. The van der Waals surface area contributed by atoms with Crippen LogP contribution < -0.4 is 15.0 Å². The third-order valence-electron chi connectivity index (χ3n) is 10.5. The number of benzene rings is 1. The minimum absolute atomic E-state index is 0.0104. The van der Waals surface area contributed by atoms with E-state index in [1.54, 1.807) is 32.7 Å². The Morgan fingerprint density at radius 3 is 2.37 bits per heavy atom. The van der Waals surface area contributed by atoms with Gasteiger partial charge in [0.15, 0.2) is 11.6 Å². The van der Waals surface area contributed by atoms with Gasteiger partial charge in [0.05, 0.1) is 52.8 Å². The Labute approximate surface area is 330 Å². The number of thiophene rings is 1. The zero-order chi connectivity index (χ0) is 40.7. The summed E-state index contributed by atoms with van der Waals surface area (Å²) in [6.07, 6.45) is -0.306. The van der Waals surface area contributed by atoms with Crippen LogP contribution >= 0.6 is 11.3 Å². The molecule has 0 spiro atoms. The van der Waals surface area contributed by atoms with Crippen LogP contribution in [0.15, 0.2) is 6.20 Å². The molecular formula is C39H43F3N8O6S. The number of ether oxygens (including phenoxy) is 4. The van der Waals surface area contributed by atoms with E-state index in [1.807, 2.05) is 25.7 Å². The van der Waals surface area contributed by atoms with E-state index in [9.17, 15) is 19.2 Å². The fourth-order valence-corrected chi connectivity index (χ4v) is 9.19. The SMILES string of the molecule is CN1C[C@H](F)C[C@H]1COc1nc(N2C3CC2CN(C(=O)OC(C)(C)C)C3)c2c3c(c(-c4ncc(F)c5sc(NC(=O)OC(C)(C)C)c(C#N)c45)c(F)c2n1)COC3. The van der Waals surface area contributed by atoms with Crippen LogP contribution in [0.5, 0.6) is 6.01 Å². The monoisotopic (exact) mass is 808 g/mol. The van der Waals surface area contributed by atoms with E-state index >= 15 is 8.78 Å². The number of hydrogen-bond donors (Lipinski definition) is 1. The molecule has 0 aliphatic carbocycles. The maximum absolute atomic E-state index is 17.6. The molecule has 0 radical (unpaired) electrons. The Bertz CT molecular complexity index is 2350. The van der Waals surface area contributed by atoms with Gasteiger partial charge in [-0.05, 0) is 72.6 Å². The summed E-state index contributed by atoms with van der Waals surface area (Å²) in [5.74, 6) is -1.17. The summed E-state index contributed by atoms with van der Waals surface area (Å²) in [7, 11) is 1.80. The highest BCUT2D eigenvalue weighted by atomic mass is 32.1. The van der Waals surface area contributed by atoms with Crippen molar-refractivity contribution in [2.45, 2.75) is 103 Å². The fraction of sp³-hybridized carbons (Fsp3) is 0.538. The second kappa shape index (κ2) is 14.1. The minimum Gasteiger partial charge on any atom is -0.462 e. The molecule has 7 heterocycles. The molecule has 1 N–H and O–H groups in total. The Morgan fingerprint density at radius 1 is 1.02 bits per heavy atom. The number of alkyl halides is 1. The van der Waals surface area contributed by atoms with Crippen LogP contribution in [0.2, 0.25) is 0 Å². The predicted molar refractivity (Wildman–Crippen MR) is 205 cm³/mol. The van der Waals surface area contributed by atoms with Crippen LogP contribution in [0.4, 0.5) is 33.6 Å². The lowest BCUT2D eigenvalue weighted by Gasteiger charge is -2.56. The molecule has 2 bridgehead atoms. The van der Waals surface area contributed by atoms with Crippen molar-refractivity contribution in [3.05, 3.63) is 34.5 Å². The van der Waals surface area contributed by atoms with Gasteiger partial charge in [0.25, 0.3) is 0 Å². The number of hydrogen-bond acceptors (Lipinski definition) is 13. The smallest absolute Gasteiger partial charge is 0.412 e. The van der Waals surface area contributed by atoms with Crippen molar-refractivity contribution in [3.8, 4) is 23.3 Å². The zero-order valence-corrected chi connectivity index (χ0v) is 33.5. The van der Waals surface area contributed by atoms with Crippen LogP contribution in [-0.4, -0.2) is 106 Å². The molecule has 2 amide bonds. The molecule has 302 valence electrons. The van der Waals surface area contributed by atoms with Crippen molar-refractivity contribution in [2.24, 2.45) is 0 Å². The van der Waals surface area contributed by atoms with Gasteiger partial charge in [0, 0.05) is 36.6 Å². The molecule has 57 heavy (non-hydrogen) atoms. The van der Waals surface area contributed by atoms with Gasteiger partial charge in [-0.25, -0.2) is 22.8 Å². The number of carbonyl (C=O) groups is 2. The van der Waals surface area contributed by atoms with Gasteiger partial charge < -0.3 is 28.7 Å². The van der Waals surface area contributed by atoms with Crippen LogP contribution in [0.25, 0.3) is 32.2 Å². The number of piperazine rings is 1. The molecule has 3 fully saturated rings. The van der Waals surface area contributed by atoms with Gasteiger partial charge in [-0.2, -0.15) is 15.2 Å². The summed E-state index contributed by atoms with van der Waals surface area (Å²) in [4.78, 5) is 45.2. The van der Waals surface area contributed by atoms with Crippen LogP contribution in [-0.2, 0) is 27.4 Å². The van der Waals surface area contributed by atoms with Crippen molar-refractivity contribution >= 4 is 55.3 Å². The number of likely N-dealkylation sites (tertiary alicyclic amines) is 2. The van der Waals surface area contributed by atoms with Gasteiger partial charge in [-0.15, -0.1) is 11.3 Å². The molecular weight excluding hydrogens is 766 g/mol. The average molecular weight is 809 g/mol. The number of likely N-dealkylation sites (N-methyl/N-ethyl adjacent to an activating group) is 1. The number of nitriles is 1. The number of amides is 2. The molecule has 18 heteroatoms. The highest BCUT2D eigenvalue weighted by molar-refractivity contribution is 7.23. The number of piperidine rings is 1. The molecule has 1 aromatic carbocycles. The maximum atomic E-state index is 17.6. The van der Waals surface area contributed by atoms with Crippen LogP contribution in [0.1, 0.15) is 71.1 Å². The van der Waals surface area contributed by atoms with E-state index in [0.717, 1.165) is 24.0 Å². The van der Waals surface area contributed by atoms with Gasteiger partial charge in [0.2, 0.25) is 0 Å².